The van der Waals surface area contributed by atoms with Crippen LogP contribution < -0.4 is 5.32 Å². The van der Waals surface area contributed by atoms with Crippen molar-refractivity contribution in [2.75, 3.05) is 12.4 Å². The van der Waals surface area contributed by atoms with Crippen LogP contribution in [-0.4, -0.2) is 28.0 Å². The highest BCUT2D eigenvalue weighted by Crippen LogP contribution is 2.25. The summed E-state index contributed by atoms with van der Waals surface area (Å²) in [6.07, 6.45) is 1.76. The molecule has 3 rings (SSSR count). The van der Waals surface area contributed by atoms with E-state index in [1.807, 2.05) is 38.1 Å². The minimum atomic E-state index is -0.385. The van der Waals surface area contributed by atoms with Crippen LogP contribution in [0.15, 0.2) is 42.6 Å². The molecule has 0 fully saturated rings. The smallest absolute Gasteiger partial charge is 0.337 e. The number of benzene rings is 1. The topological polar surface area (TPSA) is 77.0 Å². The van der Waals surface area contributed by atoms with E-state index in [1.54, 1.807) is 18.3 Å². The Morgan fingerprint density at radius 3 is 2.75 bits per heavy atom. The van der Waals surface area contributed by atoms with Gasteiger partial charge in [-0.1, -0.05) is 6.07 Å². The van der Waals surface area contributed by atoms with Gasteiger partial charge in [0.15, 0.2) is 0 Å². The zero-order chi connectivity index (χ0) is 17.1. The van der Waals surface area contributed by atoms with Gasteiger partial charge >= 0.3 is 5.97 Å². The Bertz CT molecular complexity index is 881. The lowest BCUT2D eigenvalue weighted by Crippen LogP contribution is -2.11. The van der Waals surface area contributed by atoms with Crippen LogP contribution in [0.25, 0.3) is 10.9 Å². The normalized spacial score (nSPS) is 12.0. The zero-order valence-electron chi connectivity index (χ0n) is 13.8. The summed E-state index contributed by atoms with van der Waals surface area (Å²) in [6.45, 7) is 3.84. The third kappa shape index (κ3) is 3.17. The van der Waals surface area contributed by atoms with Crippen molar-refractivity contribution in [2.45, 2.75) is 19.9 Å². The van der Waals surface area contributed by atoms with Gasteiger partial charge in [-0.2, -0.15) is 0 Å². The molecule has 0 radical (unpaired) electrons. The first kappa shape index (κ1) is 15.9. The van der Waals surface area contributed by atoms with Crippen LogP contribution in [0.3, 0.4) is 0 Å². The quantitative estimate of drug-likeness (QED) is 0.743. The number of methoxy groups -OCH3 is 1. The number of carbonyl (C=O) groups is 1. The summed E-state index contributed by atoms with van der Waals surface area (Å²) in [7, 11) is 1.36. The van der Waals surface area contributed by atoms with E-state index < -0.39 is 0 Å². The number of esters is 1. The van der Waals surface area contributed by atoms with Gasteiger partial charge < -0.3 is 10.1 Å². The van der Waals surface area contributed by atoms with Gasteiger partial charge in [0.05, 0.1) is 29.9 Å². The molecule has 1 atom stereocenters. The molecule has 0 saturated carbocycles. The van der Waals surface area contributed by atoms with Gasteiger partial charge in [0.1, 0.15) is 11.6 Å². The van der Waals surface area contributed by atoms with Crippen molar-refractivity contribution in [3.63, 3.8) is 0 Å². The molecule has 0 bridgehead atoms. The summed E-state index contributed by atoms with van der Waals surface area (Å²) in [5.41, 5.74) is 2.08. The van der Waals surface area contributed by atoms with Crippen LogP contribution in [0.1, 0.15) is 34.8 Å². The molecular formula is C18H18N4O2. The van der Waals surface area contributed by atoms with Gasteiger partial charge in [0, 0.05) is 11.6 Å². The average molecular weight is 322 g/mol. The second-order valence-electron chi connectivity index (χ2n) is 5.46. The molecule has 2 aromatic heterocycles. The first-order valence-electron chi connectivity index (χ1n) is 7.62. The van der Waals surface area contributed by atoms with Crippen molar-refractivity contribution in [1.82, 2.24) is 15.0 Å². The maximum absolute atomic E-state index is 11.7. The number of ether oxygens (including phenoxy) is 1. The van der Waals surface area contributed by atoms with Crippen LogP contribution >= 0.6 is 0 Å². The van der Waals surface area contributed by atoms with Gasteiger partial charge in [-0.05, 0) is 44.2 Å². The van der Waals surface area contributed by atoms with Crippen molar-refractivity contribution in [1.29, 1.82) is 0 Å². The van der Waals surface area contributed by atoms with E-state index in [1.165, 1.54) is 7.11 Å². The van der Waals surface area contributed by atoms with E-state index in [4.69, 9.17) is 4.74 Å². The number of hydrogen-bond donors (Lipinski definition) is 1. The third-order valence-electron chi connectivity index (χ3n) is 3.71. The molecule has 6 nitrogen and oxygen atoms in total. The summed E-state index contributed by atoms with van der Waals surface area (Å²) in [4.78, 5) is 25.0. The summed E-state index contributed by atoms with van der Waals surface area (Å²) < 4.78 is 4.76. The van der Waals surface area contributed by atoms with Crippen molar-refractivity contribution in [3.8, 4) is 0 Å². The van der Waals surface area contributed by atoms with Crippen molar-refractivity contribution in [2.24, 2.45) is 0 Å². The third-order valence-corrected chi connectivity index (χ3v) is 3.71. The predicted octanol–water partition coefficient (Wildman–Crippen LogP) is 3.29. The van der Waals surface area contributed by atoms with Crippen LogP contribution in [0.2, 0.25) is 0 Å². The Balaban J connectivity index is 2.00. The lowest BCUT2D eigenvalue weighted by Gasteiger charge is -2.16. The number of rotatable bonds is 4. The summed E-state index contributed by atoms with van der Waals surface area (Å²) >= 11 is 0. The molecule has 2 heterocycles. The van der Waals surface area contributed by atoms with Crippen LogP contribution in [0.4, 0.5) is 5.82 Å². The SMILES string of the molecule is COC(=O)c1ccc2c(NC(C)c3ccccn3)nc(C)nc2c1. The molecule has 6 heteroatoms. The molecular weight excluding hydrogens is 304 g/mol. The fourth-order valence-corrected chi connectivity index (χ4v) is 2.51. The van der Waals surface area contributed by atoms with Crippen molar-refractivity contribution < 1.29 is 9.53 Å². The molecule has 3 aromatic rings. The number of nitrogens with zero attached hydrogens (tertiary/aromatic N) is 3. The standard InChI is InChI=1S/C18H18N4O2/c1-11(15-6-4-5-9-19-15)20-17-14-8-7-13(18(23)24-3)10-16(14)21-12(2)22-17/h4-11H,1-3H3,(H,20,21,22). The fourth-order valence-electron chi connectivity index (χ4n) is 2.51. The van der Waals surface area contributed by atoms with E-state index in [2.05, 4.69) is 20.3 Å². The number of carbonyl (C=O) groups excluding carboxylic acids is 1. The van der Waals surface area contributed by atoms with Crippen LogP contribution in [0.5, 0.6) is 0 Å². The molecule has 0 saturated heterocycles. The molecule has 0 aliphatic carbocycles. The highest BCUT2D eigenvalue weighted by molar-refractivity contribution is 5.97. The second-order valence-corrected chi connectivity index (χ2v) is 5.46. The zero-order valence-corrected chi connectivity index (χ0v) is 13.8. The Morgan fingerprint density at radius 1 is 1.21 bits per heavy atom. The first-order chi connectivity index (χ1) is 11.6. The minimum absolute atomic E-state index is 0.0102. The average Bonchev–Trinajstić information content (AvgIpc) is 2.61. The summed E-state index contributed by atoms with van der Waals surface area (Å²) in [5.74, 6) is 0.955. The maximum atomic E-state index is 11.7. The Hall–Kier alpha value is -3.02. The van der Waals surface area contributed by atoms with Gasteiger partial charge in [-0.25, -0.2) is 14.8 Å². The van der Waals surface area contributed by atoms with Gasteiger partial charge in [-0.3, -0.25) is 4.98 Å². The van der Waals surface area contributed by atoms with Gasteiger partial charge in [-0.15, -0.1) is 0 Å². The molecule has 1 N–H and O–H groups in total. The van der Waals surface area contributed by atoms with E-state index in [-0.39, 0.29) is 12.0 Å². The highest BCUT2D eigenvalue weighted by atomic mass is 16.5. The molecule has 122 valence electrons. The van der Waals surface area contributed by atoms with E-state index in [0.29, 0.717) is 22.7 Å². The molecule has 0 spiro atoms. The lowest BCUT2D eigenvalue weighted by molar-refractivity contribution is 0.0601. The maximum Gasteiger partial charge on any atom is 0.337 e. The van der Waals surface area contributed by atoms with E-state index in [0.717, 1.165) is 11.1 Å². The van der Waals surface area contributed by atoms with Gasteiger partial charge in [0.2, 0.25) is 0 Å². The molecule has 24 heavy (non-hydrogen) atoms. The molecule has 1 unspecified atom stereocenters. The number of hydrogen-bond acceptors (Lipinski definition) is 6. The number of nitrogens with one attached hydrogen (secondary N) is 1. The van der Waals surface area contributed by atoms with Crippen molar-refractivity contribution >= 4 is 22.7 Å². The summed E-state index contributed by atoms with van der Waals surface area (Å²) in [5, 5.41) is 4.22. The Morgan fingerprint density at radius 2 is 2.04 bits per heavy atom. The highest BCUT2D eigenvalue weighted by Gasteiger charge is 2.13. The van der Waals surface area contributed by atoms with Crippen LogP contribution in [-0.2, 0) is 4.74 Å². The number of aromatic nitrogens is 3. The van der Waals surface area contributed by atoms with Gasteiger partial charge in [0.25, 0.3) is 0 Å². The fraction of sp³-hybridized carbons (Fsp3) is 0.222. The van der Waals surface area contributed by atoms with E-state index in [9.17, 15) is 4.79 Å². The second kappa shape index (κ2) is 6.62. The number of pyridine rings is 1. The van der Waals surface area contributed by atoms with Crippen LogP contribution in [0, 0.1) is 6.92 Å². The molecule has 0 amide bonds. The first-order valence-corrected chi connectivity index (χ1v) is 7.62. The Kier molecular flexibility index (Phi) is 4.37. The largest absolute Gasteiger partial charge is 0.465 e. The monoisotopic (exact) mass is 322 g/mol. The molecule has 0 aliphatic rings. The van der Waals surface area contributed by atoms with E-state index >= 15 is 0 Å². The minimum Gasteiger partial charge on any atom is -0.465 e. The molecule has 0 aliphatic heterocycles. The van der Waals surface area contributed by atoms with Crippen molar-refractivity contribution in [3.05, 3.63) is 59.7 Å². The lowest BCUT2D eigenvalue weighted by atomic mass is 10.1. The number of anilines is 1. The molecule has 1 aromatic carbocycles. The summed E-state index contributed by atoms with van der Waals surface area (Å²) in [6, 6.07) is 11.0. The predicted molar refractivity (Wildman–Crippen MR) is 91.9 cm³/mol. The number of aryl methyl sites for hydroxylation is 1. The Labute approximate surface area is 139 Å². The number of fused-ring (bicyclic) bond motifs is 1.